The number of carboxylic acid groups (broad SMARTS) is 1. The van der Waals surface area contributed by atoms with Gasteiger partial charge in [0.2, 0.25) is 0 Å². The predicted molar refractivity (Wildman–Crippen MR) is 199 cm³/mol. The standard InChI is InChI=1S/C20H26N2O3.C14H15NO4.C6H13N/c1-13-16(10-11-18(13)23)22-17-9-8-14(12-19(17)25-2)20(24)21-15-6-4-3-5-7-15;1-8-10(5-6-12(8)16)15-11-4-3-9(14(17)18)7-13(11)19-2;7-6-4-2-1-3-5-6/h8-9,12,15,22H,3-7,10-11H2,1-2H3,(H,21,24);3-4,7,15H,5-6H2,1-2H3,(H,17,18);6H,1-5,7H2. The first-order valence-corrected chi connectivity index (χ1v) is 18.2. The normalized spacial score (nSPS) is 18.0. The van der Waals surface area contributed by atoms with Gasteiger partial charge in [-0.1, -0.05) is 38.5 Å². The van der Waals surface area contributed by atoms with E-state index < -0.39 is 5.97 Å². The van der Waals surface area contributed by atoms with Gasteiger partial charge in [-0.2, -0.15) is 0 Å². The van der Waals surface area contributed by atoms with Gasteiger partial charge in [0.15, 0.2) is 11.6 Å². The molecule has 0 spiro atoms. The number of amides is 1. The van der Waals surface area contributed by atoms with Crippen molar-refractivity contribution in [2.45, 2.75) is 116 Å². The molecule has 2 fully saturated rings. The molecule has 0 unspecified atom stereocenters. The molecule has 51 heavy (non-hydrogen) atoms. The Hall–Kier alpha value is -4.64. The molecule has 0 saturated heterocycles. The Morgan fingerprint density at radius 3 is 1.53 bits per heavy atom. The number of nitrogens with one attached hydrogen (secondary N) is 3. The quantitative estimate of drug-likeness (QED) is 0.176. The number of ketones is 2. The van der Waals surface area contributed by atoms with E-state index in [1.165, 1.54) is 70.6 Å². The highest BCUT2D eigenvalue weighted by atomic mass is 16.5. The second kappa shape index (κ2) is 19.1. The molecule has 276 valence electrons. The van der Waals surface area contributed by atoms with Crippen molar-refractivity contribution in [2.24, 2.45) is 5.73 Å². The van der Waals surface area contributed by atoms with E-state index in [0.29, 0.717) is 48.1 Å². The highest BCUT2D eigenvalue weighted by Crippen LogP contribution is 2.32. The lowest BCUT2D eigenvalue weighted by Crippen LogP contribution is -2.36. The van der Waals surface area contributed by atoms with Crippen LogP contribution in [0.15, 0.2) is 58.9 Å². The smallest absolute Gasteiger partial charge is 0.335 e. The molecule has 0 aliphatic heterocycles. The maximum Gasteiger partial charge on any atom is 0.335 e. The molecule has 11 nitrogen and oxygen atoms in total. The number of carbonyl (C=O) groups is 4. The number of hydrogen-bond acceptors (Lipinski definition) is 9. The molecule has 2 saturated carbocycles. The highest BCUT2D eigenvalue weighted by Gasteiger charge is 2.22. The van der Waals surface area contributed by atoms with Crippen LogP contribution in [-0.2, 0) is 9.59 Å². The number of rotatable bonds is 9. The molecule has 4 aliphatic rings. The van der Waals surface area contributed by atoms with Gasteiger partial charge in [0.1, 0.15) is 11.5 Å². The summed E-state index contributed by atoms with van der Waals surface area (Å²) in [5.41, 5.74) is 11.1. The van der Waals surface area contributed by atoms with Crippen molar-refractivity contribution in [1.29, 1.82) is 0 Å². The highest BCUT2D eigenvalue weighted by molar-refractivity contribution is 6.00. The van der Waals surface area contributed by atoms with E-state index in [4.69, 9.17) is 20.3 Å². The Kier molecular flexibility index (Phi) is 14.7. The van der Waals surface area contributed by atoms with Gasteiger partial charge in [0.25, 0.3) is 5.91 Å². The van der Waals surface area contributed by atoms with Crippen molar-refractivity contribution in [3.8, 4) is 11.5 Å². The molecule has 0 aromatic heterocycles. The number of Topliss-reactive ketones (excluding diaryl/α,β-unsaturated/α-hetero) is 2. The molecule has 0 bridgehead atoms. The van der Waals surface area contributed by atoms with Gasteiger partial charge in [0.05, 0.1) is 31.2 Å². The third kappa shape index (κ3) is 11.2. The third-order valence-corrected chi connectivity index (χ3v) is 10.0. The van der Waals surface area contributed by atoms with Gasteiger partial charge in [-0.3, -0.25) is 14.4 Å². The topological polar surface area (TPSA) is 169 Å². The van der Waals surface area contributed by atoms with E-state index in [1.807, 2.05) is 13.0 Å². The first-order chi connectivity index (χ1) is 24.5. The monoisotopic (exact) mass is 702 g/mol. The first-order valence-electron chi connectivity index (χ1n) is 18.2. The Bertz CT molecular complexity index is 1640. The summed E-state index contributed by atoms with van der Waals surface area (Å²) in [6.07, 6.45) is 14.9. The minimum absolute atomic E-state index is 0.0526. The van der Waals surface area contributed by atoms with Crippen molar-refractivity contribution in [3.63, 3.8) is 0 Å². The summed E-state index contributed by atoms with van der Waals surface area (Å²) in [5, 5.41) is 18.5. The number of carbonyl (C=O) groups excluding carboxylic acids is 3. The third-order valence-electron chi connectivity index (χ3n) is 10.0. The van der Waals surface area contributed by atoms with Crippen LogP contribution in [0.4, 0.5) is 11.4 Å². The van der Waals surface area contributed by atoms with Crippen LogP contribution < -0.4 is 31.2 Å². The zero-order valence-corrected chi connectivity index (χ0v) is 30.5. The number of ether oxygens (including phenoxy) is 2. The minimum atomic E-state index is -1.00. The van der Waals surface area contributed by atoms with E-state index in [1.54, 1.807) is 32.2 Å². The molecule has 2 aromatic rings. The lowest BCUT2D eigenvalue weighted by atomic mass is 9.95. The Morgan fingerprint density at radius 1 is 0.686 bits per heavy atom. The second-order valence-electron chi connectivity index (χ2n) is 13.6. The summed E-state index contributed by atoms with van der Waals surface area (Å²) in [4.78, 5) is 46.5. The van der Waals surface area contributed by atoms with Gasteiger partial charge in [-0.15, -0.1) is 0 Å². The van der Waals surface area contributed by atoms with E-state index >= 15 is 0 Å². The van der Waals surface area contributed by atoms with Gasteiger partial charge >= 0.3 is 5.97 Å². The molecule has 6 N–H and O–H groups in total. The molecule has 0 radical (unpaired) electrons. The molecular weight excluding hydrogens is 648 g/mol. The molecule has 11 heteroatoms. The molecule has 1 amide bonds. The van der Waals surface area contributed by atoms with E-state index in [-0.39, 0.29) is 29.1 Å². The fraction of sp³-hybridized carbons (Fsp3) is 0.500. The summed E-state index contributed by atoms with van der Waals surface area (Å²) in [6.45, 7) is 3.63. The van der Waals surface area contributed by atoms with Crippen molar-refractivity contribution in [3.05, 3.63) is 70.1 Å². The number of benzene rings is 2. The van der Waals surface area contributed by atoms with Crippen LogP contribution in [0.5, 0.6) is 11.5 Å². The van der Waals surface area contributed by atoms with E-state index in [0.717, 1.165) is 47.5 Å². The Morgan fingerprint density at radius 2 is 1.14 bits per heavy atom. The van der Waals surface area contributed by atoms with Crippen LogP contribution in [0.25, 0.3) is 0 Å². The van der Waals surface area contributed by atoms with Crippen molar-refractivity contribution in [2.75, 3.05) is 24.9 Å². The average Bonchev–Trinajstić information content (AvgIpc) is 3.63. The minimum Gasteiger partial charge on any atom is -0.495 e. The predicted octanol–water partition coefficient (Wildman–Crippen LogP) is 7.53. The number of anilines is 2. The summed E-state index contributed by atoms with van der Waals surface area (Å²) < 4.78 is 10.6. The molecule has 4 aliphatic carbocycles. The fourth-order valence-electron chi connectivity index (χ4n) is 6.71. The van der Waals surface area contributed by atoms with E-state index in [2.05, 4.69) is 16.0 Å². The fourth-order valence-corrected chi connectivity index (χ4v) is 6.71. The maximum atomic E-state index is 12.5. The zero-order valence-electron chi connectivity index (χ0n) is 30.5. The number of carboxylic acids is 1. The molecule has 6 rings (SSSR count). The van der Waals surface area contributed by atoms with Crippen molar-refractivity contribution in [1.82, 2.24) is 5.32 Å². The van der Waals surface area contributed by atoms with Crippen LogP contribution in [0, 0.1) is 0 Å². The largest absolute Gasteiger partial charge is 0.495 e. The molecule has 0 atom stereocenters. The first kappa shape index (κ1) is 39.2. The van der Waals surface area contributed by atoms with Crippen molar-refractivity contribution >= 4 is 34.8 Å². The number of allylic oxidation sites excluding steroid dienone is 4. The van der Waals surface area contributed by atoms with Crippen LogP contribution in [0.3, 0.4) is 0 Å². The van der Waals surface area contributed by atoms with E-state index in [9.17, 15) is 19.2 Å². The summed E-state index contributed by atoms with van der Waals surface area (Å²) in [6, 6.07) is 10.8. The Labute approximate surface area is 301 Å². The SMILES string of the molecule is COc1cc(C(=O)NC2CCCCC2)ccc1NC1=C(C)C(=O)CC1.COc1cc(C(=O)O)ccc1NC1=C(C)C(=O)CC1.NC1CCCCC1. The van der Waals surface area contributed by atoms with Crippen LogP contribution in [0.1, 0.15) is 124 Å². The molecule has 0 heterocycles. The molecular formula is C40H54N4O7. The van der Waals surface area contributed by atoms with Gasteiger partial charge in [-0.25, -0.2) is 4.79 Å². The lowest BCUT2D eigenvalue weighted by molar-refractivity contribution is -0.115. The number of nitrogens with two attached hydrogens (primary N) is 1. The van der Waals surface area contributed by atoms with Crippen LogP contribution >= 0.6 is 0 Å². The number of methoxy groups -OCH3 is 2. The zero-order chi connectivity index (χ0) is 36.9. The summed E-state index contributed by atoms with van der Waals surface area (Å²) in [5.74, 6) is 0.323. The Balaban J connectivity index is 0.000000197. The van der Waals surface area contributed by atoms with Gasteiger partial charge < -0.3 is 36.3 Å². The lowest BCUT2D eigenvalue weighted by Gasteiger charge is -2.23. The summed E-state index contributed by atoms with van der Waals surface area (Å²) >= 11 is 0. The number of aromatic carboxylic acids is 1. The number of hydrogen-bond donors (Lipinski definition) is 5. The van der Waals surface area contributed by atoms with Crippen LogP contribution in [-0.4, -0.2) is 54.9 Å². The van der Waals surface area contributed by atoms with Crippen molar-refractivity contribution < 1.29 is 33.8 Å². The van der Waals surface area contributed by atoms with Gasteiger partial charge in [-0.05, 0) is 88.8 Å². The second-order valence-corrected chi connectivity index (χ2v) is 13.6. The van der Waals surface area contributed by atoms with Crippen LogP contribution in [0.2, 0.25) is 0 Å². The van der Waals surface area contributed by atoms with Gasteiger partial charge in [0, 0.05) is 53.0 Å². The molecule has 2 aromatic carbocycles. The summed E-state index contributed by atoms with van der Waals surface area (Å²) in [7, 11) is 3.07. The average molecular weight is 703 g/mol. The maximum absolute atomic E-state index is 12.5.